The molecule has 0 spiro atoms. The van der Waals surface area contributed by atoms with E-state index in [2.05, 4.69) is 9.72 Å². The topological polar surface area (TPSA) is 48.0 Å². The van der Waals surface area contributed by atoms with E-state index < -0.39 is 0 Å². The predicted octanol–water partition coefficient (Wildman–Crippen LogP) is 3.18. The molecule has 0 aliphatic heterocycles. The third kappa shape index (κ3) is 2.45. The quantitative estimate of drug-likeness (QED) is 0.638. The van der Waals surface area contributed by atoms with E-state index in [1.807, 2.05) is 33.8 Å². The molecule has 2 aromatic rings. The summed E-state index contributed by atoms with van der Waals surface area (Å²) in [4.78, 5) is 11.8. The average molecular weight is 281 g/mol. The molecule has 0 unspecified atom stereocenters. The van der Waals surface area contributed by atoms with Crippen molar-refractivity contribution in [2.24, 2.45) is 0 Å². The fourth-order valence-electron chi connectivity index (χ4n) is 2.28. The fraction of sp³-hybridized carbons (Fsp3) is 0.429. The normalized spacial score (nSPS) is 11.0. The van der Waals surface area contributed by atoms with Gasteiger partial charge in [0.2, 0.25) is 0 Å². The van der Waals surface area contributed by atoms with Crippen LogP contribution in [0.5, 0.6) is 0 Å². The van der Waals surface area contributed by atoms with Crippen LogP contribution in [0, 0.1) is 27.7 Å². The summed E-state index contributed by atoms with van der Waals surface area (Å²) < 4.78 is 7.26. The van der Waals surface area contributed by atoms with Crippen molar-refractivity contribution < 1.29 is 9.32 Å². The number of nitrogens with zero attached hydrogens (tertiary/aromatic N) is 2. The average Bonchev–Trinajstić information content (AvgIpc) is 2.84. The van der Waals surface area contributed by atoms with Gasteiger partial charge in [0.1, 0.15) is 5.76 Å². The van der Waals surface area contributed by atoms with Crippen LogP contribution in [0.4, 0.5) is 0 Å². The molecule has 0 saturated heterocycles. The number of ketones is 1. The Morgan fingerprint density at radius 1 is 1.37 bits per heavy atom. The second kappa shape index (κ2) is 5.21. The highest BCUT2D eigenvalue weighted by Gasteiger charge is 2.17. The molecule has 0 amide bonds. The van der Waals surface area contributed by atoms with Crippen molar-refractivity contribution in [3.8, 4) is 0 Å². The molecule has 2 rings (SSSR count). The van der Waals surface area contributed by atoms with Crippen molar-refractivity contribution in [3.63, 3.8) is 0 Å². The zero-order chi connectivity index (χ0) is 14.2. The van der Waals surface area contributed by atoms with Crippen molar-refractivity contribution in [1.82, 2.24) is 9.72 Å². The summed E-state index contributed by atoms with van der Waals surface area (Å²) in [6, 6.07) is 1.89. The van der Waals surface area contributed by atoms with Gasteiger partial charge in [-0.25, -0.2) is 0 Å². The van der Waals surface area contributed by atoms with Gasteiger partial charge in [-0.3, -0.25) is 4.79 Å². The Morgan fingerprint density at radius 2 is 2.05 bits per heavy atom. The lowest BCUT2D eigenvalue weighted by atomic mass is 10.2. The van der Waals surface area contributed by atoms with Gasteiger partial charge < -0.3 is 9.09 Å². The number of carbonyl (C=O) groups excluding carboxylic acids is 1. The maximum Gasteiger partial charge on any atom is 0.179 e. The molecule has 0 aliphatic rings. The molecule has 0 bridgehead atoms. The Labute approximate surface area is 117 Å². The summed E-state index contributed by atoms with van der Waals surface area (Å²) in [6.07, 6.45) is 0. The molecular formula is C14H17ClN2O2. The number of alkyl halides is 1. The number of hydrogen-bond acceptors (Lipinski definition) is 3. The maximum absolute atomic E-state index is 11.8. The van der Waals surface area contributed by atoms with Crippen molar-refractivity contribution in [1.29, 1.82) is 0 Å². The van der Waals surface area contributed by atoms with Gasteiger partial charge in [0.15, 0.2) is 5.78 Å². The number of aryl methyl sites for hydroxylation is 3. The van der Waals surface area contributed by atoms with Crippen LogP contribution in [0.3, 0.4) is 0 Å². The minimum Gasteiger partial charge on any atom is -0.361 e. The number of aromatic nitrogens is 2. The first-order valence-electron chi connectivity index (χ1n) is 6.13. The van der Waals surface area contributed by atoms with E-state index in [0.29, 0.717) is 12.1 Å². The van der Waals surface area contributed by atoms with Crippen LogP contribution in [0.15, 0.2) is 10.6 Å². The largest absolute Gasteiger partial charge is 0.361 e. The summed E-state index contributed by atoms with van der Waals surface area (Å²) in [5.74, 6) is 0.783. The molecule has 5 heteroatoms. The Bertz CT molecular complexity index is 606. The lowest BCUT2D eigenvalue weighted by Crippen LogP contribution is -2.07. The molecule has 0 radical (unpaired) electrons. The molecule has 102 valence electrons. The van der Waals surface area contributed by atoms with Gasteiger partial charge in [-0.05, 0) is 33.8 Å². The number of halogens is 1. The SMILES string of the molecule is Cc1noc(C)c1Cn1c(C)cc(C(=O)CCl)c1C. The van der Waals surface area contributed by atoms with Crippen molar-refractivity contribution in [2.75, 3.05) is 5.88 Å². The van der Waals surface area contributed by atoms with Crippen LogP contribution in [0.2, 0.25) is 0 Å². The van der Waals surface area contributed by atoms with Crippen LogP contribution < -0.4 is 0 Å². The van der Waals surface area contributed by atoms with Gasteiger partial charge in [0, 0.05) is 22.5 Å². The molecule has 0 N–H and O–H groups in total. The van der Waals surface area contributed by atoms with Gasteiger partial charge in [0.05, 0.1) is 18.1 Å². The summed E-state index contributed by atoms with van der Waals surface area (Å²) in [5.41, 5.74) is 4.61. The molecule has 0 fully saturated rings. The molecule has 4 nitrogen and oxygen atoms in total. The van der Waals surface area contributed by atoms with E-state index in [1.165, 1.54) is 0 Å². The highest BCUT2D eigenvalue weighted by Crippen LogP contribution is 2.21. The lowest BCUT2D eigenvalue weighted by Gasteiger charge is -2.09. The van der Waals surface area contributed by atoms with E-state index in [0.717, 1.165) is 28.4 Å². The van der Waals surface area contributed by atoms with Crippen LogP contribution in [0.25, 0.3) is 0 Å². The molecular weight excluding hydrogens is 264 g/mol. The molecule has 0 saturated carbocycles. The first-order chi connectivity index (χ1) is 8.95. The first-order valence-corrected chi connectivity index (χ1v) is 6.66. The third-order valence-corrected chi connectivity index (χ3v) is 3.74. The van der Waals surface area contributed by atoms with Gasteiger partial charge in [-0.1, -0.05) is 5.16 Å². The Balaban J connectivity index is 2.41. The van der Waals surface area contributed by atoms with Crippen LogP contribution in [-0.2, 0) is 6.54 Å². The number of carbonyl (C=O) groups is 1. The highest BCUT2D eigenvalue weighted by atomic mass is 35.5. The number of hydrogen-bond donors (Lipinski definition) is 0. The van der Waals surface area contributed by atoms with E-state index in [4.69, 9.17) is 16.1 Å². The predicted molar refractivity (Wildman–Crippen MR) is 74.0 cm³/mol. The van der Waals surface area contributed by atoms with E-state index >= 15 is 0 Å². The Kier molecular flexibility index (Phi) is 3.80. The number of Topliss-reactive ketones (excluding diaryl/α,β-unsaturated/α-hetero) is 1. The van der Waals surface area contributed by atoms with Gasteiger partial charge in [-0.2, -0.15) is 0 Å². The fourth-order valence-corrected chi connectivity index (χ4v) is 2.43. The second-order valence-corrected chi connectivity index (χ2v) is 5.00. The molecule has 0 aliphatic carbocycles. The van der Waals surface area contributed by atoms with E-state index in [-0.39, 0.29) is 11.7 Å². The van der Waals surface area contributed by atoms with E-state index in [9.17, 15) is 4.79 Å². The van der Waals surface area contributed by atoms with Crippen LogP contribution in [0.1, 0.15) is 38.8 Å². The second-order valence-electron chi connectivity index (χ2n) is 4.73. The summed E-state index contributed by atoms with van der Waals surface area (Å²) in [7, 11) is 0. The Hall–Kier alpha value is -1.55. The summed E-state index contributed by atoms with van der Waals surface area (Å²) in [6.45, 7) is 8.40. The summed E-state index contributed by atoms with van der Waals surface area (Å²) in [5, 5.41) is 3.95. The standard InChI is InChI=1S/C14H17ClN2O2/c1-8-5-12(14(18)6-15)10(3)17(8)7-13-9(2)16-19-11(13)4/h5H,6-7H2,1-4H3. The van der Waals surface area contributed by atoms with Gasteiger partial charge in [-0.15, -0.1) is 11.6 Å². The van der Waals surface area contributed by atoms with Gasteiger partial charge in [0.25, 0.3) is 0 Å². The molecule has 0 atom stereocenters. The molecule has 19 heavy (non-hydrogen) atoms. The molecule has 2 aromatic heterocycles. The van der Waals surface area contributed by atoms with E-state index in [1.54, 1.807) is 0 Å². The zero-order valence-electron chi connectivity index (χ0n) is 11.6. The molecule has 0 aromatic carbocycles. The Morgan fingerprint density at radius 3 is 2.58 bits per heavy atom. The smallest absolute Gasteiger partial charge is 0.179 e. The van der Waals surface area contributed by atoms with Crippen molar-refractivity contribution in [2.45, 2.75) is 34.2 Å². The third-order valence-electron chi connectivity index (χ3n) is 3.49. The maximum atomic E-state index is 11.8. The minimum atomic E-state index is -0.0419. The minimum absolute atomic E-state index is 0.00954. The summed E-state index contributed by atoms with van der Waals surface area (Å²) >= 11 is 5.63. The zero-order valence-corrected chi connectivity index (χ0v) is 12.3. The van der Waals surface area contributed by atoms with Crippen molar-refractivity contribution >= 4 is 17.4 Å². The van der Waals surface area contributed by atoms with Gasteiger partial charge >= 0.3 is 0 Å². The number of rotatable bonds is 4. The first kappa shape index (κ1) is 13.9. The lowest BCUT2D eigenvalue weighted by molar-refractivity contribution is 0.102. The van der Waals surface area contributed by atoms with Crippen LogP contribution >= 0.6 is 11.6 Å². The highest BCUT2D eigenvalue weighted by molar-refractivity contribution is 6.30. The van der Waals surface area contributed by atoms with Crippen molar-refractivity contribution in [3.05, 3.63) is 40.0 Å². The van der Waals surface area contributed by atoms with Crippen LogP contribution in [-0.4, -0.2) is 21.4 Å². The monoisotopic (exact) mass is 280 g/mol. The molecule has 2 heterocycles.